The maximum Gasteiger partial charge on any atom is 0.417 e. The molecule has 3 aromatic heterocycles. The van der Waals surface area contributed by atoms with Crippen LogP contribution < -0.4 is 0 Å². The lowest BCUT2D eigenvalue weighted by molar-refractivity contribution is -0.141. The fourth-order valence-corrected chi connectivity index (χ4v) is 3.85. The van der Waals surface area contributed by atoms with E-state index < -0.39 is 23.6 Å². The molecule has 1 unspecified atom stereocenters. The second kappa shape index (κ2) is 8.51. The topological polar surface area (TPSA) is 93.5 Å². The number of hydrogen-bond acceptors (Lipinski definition) is 5. The van der Waals surface area contributed by atoms with E-state index in [1.54, 1.807) is 6.92 Å². The van der Waals surface area contributed by atoms with Crippen molar-refractivity contribution in [2.75, 3.05) is 0 Å². The molecular weight excluding hydrogens is 508 g/mol. The van der Waals surface area contributed by atoms with E-state index in [2.05, 4.69) is 15.1 Å². The highest BCUT2D eigenvalue weighted by Gasteiger charge is 2.32. The van der Waals surface area contributed by atoms with Gasteiger partial charge in [0.25, 0.3) is 5.89 Å². The number of imidazole rings is 1. The molecule has 172 valence electrons. The van der Waals surface area contributed by atoms with Crippen LogP contribution in [0.1, 0.15) is 18.1 Å². The Kier molecular flexibility index (Phi) is 6.02. The standard InChI is InChI=1S/C20H12Cl3F3N4O3/c1-8(19(31)32)2-9-3-13(22)11(5-12(9)21)18-28-16(29-33-18)15-7-30-6-10(20(24,25)26)4-14(23)17(30)27-15/h3-8H,2H2,1H3,(H,31,32). The largest absolute Gasteiger partial charge is 0.481 e. The Morgan fingerprint density at radius 1 is 1.12 bits per heavy atom. The van der Waals surface area contributed by atoms with Crippen molar-refractivity contribution in [3.05, 3.63) is 56.8 Å². The third-order valence-electron chi connectivity index (χ3n) is 4.80. The van der Waals surface area contributed by atoms with Crippen LogP contribution in [0.15, 0.2) is 35.1 Å². The van der Waals surface area contributed by atoms with Crippen molar-refractivity contribution >= 4 is 46.4 Å². The number of aliphatic carboxylic acids is 1. The molecule has 3 heterocycles. The fourth-order valence-electron chi connectivity index (χ4n) is 3.08. The number of pyridine rings is 1. The van der Waals surface area contributed by atoms with E-state index in [4.69, 9.17) is 44.4 Å². The number of benzene rings is 1. The van der Waals surface area contributed by atoms with Gasteiger partial charge in [-0.3, -0.25) is 4.79 Å². The molecule has 13 heteroatoms. The summed E-state index contributed by atoms with van der Waals surface area (Å²) in [6.07, 6.45) is -2.26. The number of hydrogen-bond donors (Lipinski definition) is 1. The highest BCUT2D eigenvalue weighted by atomic mass is 35.5. The lowest BCUT2D eigenvalue weighted by Gasteiger charge is -2.10. The number of alkyl halides is 3. The lowest BCUT2D eigenvalue weighted by Crippen LogP contribution is -2.12. The predicted octanol–water partition coefficient (Wildman–Crippen LogP) is 6.29. The molecule has 0 saturated carbocycles. The van der Waals surface area contributed by atoms with Crippen LogP contribution in [0.4, 0.5) is 13.2 Å². The summed E-state index contributed by atoms with van der Waals surface area (Å²) in [6, 6.07) is 3.77. The molecule has 1 aromatic carbocycles. The quantitative estimate of drug-likeness (QED) is 0.333. The minimum Gasteiger partial charge on any atom is -0.481 e. The van der Waals surface area contributed by atoms with Gasteiger partial charge in [0.1, 0.15) is 5.69 Å². The minimum atomic E-state index is -4.58. The summed E-state index contributed by atoms with van der Waals surface area (Å²) in [5.41, 5.74) is 0.115. The fraction of sp³-hybridized carbons (Fsp3) is 0.200. The number of halogens is 6. The molecule has 1 atom stereocenters. The normalized spacial score (nSPS) is 12.9. The molecule has 0 aliphatic heterocycles. The Balaban J connectivity index is 1.68. The van der Waals surface area contributed by atoms with Gasteiger partial charge in [0.05, 0.1) is 27.1 Å². The van der Waals surface area contributed by atoms with Crippen LogP contribution in [0.25, 0.3) is 28.6 Å². The van der Waals surface area contributed by atoms with Gasteiger partial charge in [0.2, 0.25) is 5.82 Å². The zero-order valence-corrected chi connectivity index (χ0v) is 18.8. The van der Waals surface area contributed by atoms with Crippen LogP contribution in [-0.4, -0.2) is 30.6 Å². The van der Waals surface area contributed by atoms with E-state index in [0.717, 1.165) is 16.7 Å². The second-order valence-corrected chi connectivity index (χ2v) is 8.44. The number of carboxylic acids is 1. The van der Waals surface area contributed by atoms with E-state index >= 15 is 0 Å². The van der Waals surface area contributed by atoms with Crippen molar-refractivity contribution in [3.8, 4) is 23.0 Å². The number of carbonyl (C=O) groups is 1. The maximum absolute atomic E-state index is 13.0. The van der Waals surface area contributed by atoms with E-state index in [1.807, 2.05) is 0 Å². The highest BCUT2D eigenvalue weighted by molar-refractivity contribution is 6.35. The number of carboxylic acid groups (broad SMARTS) is 1. The van der Waals surface area contributed by atoms with Gasteiger partial charge in [0, 0.05) is 17.4 Å². The summed E-state index contributed by atoms with van der Waals surface area (Å²) in [6.45, 7) is 1.55. The molecular formula is C20H12Cl3F3N4O3. The zero-order valence-electron chi connectivity index (χ0n) is 16.5. The van der Waals surface area contributed by atoms with E-state index in [0.29, 0.717) is 11.1 Å². The summed E-state index contributed by atoms with van der Waals surface area (Å²) in [5, 5.41) is 13.2. The summed E-state index contributed by atoms with van der Waals surface area (Å²) >= 11 is 18.6. The van der Waals surface area contributed by atoms with Crippen LogP contribution >= 0.6 is 34.8 Å². The maximum atomic E-state index is 13.0. The average Bonchev–Trinajstić information content (AvgIpc) is 3.37. The molecule has 4 rings (SSSR count). The predicted molar refractivity (Wildman–Crippen MR) is 114 cm³/mol. The van der Waals surface area contributed by atoms with Crippen LogP contribution in [0.5, 0.6) is 0 Å². The van der Waals surface area contributed by atoms with Gasteiger partial charge >= 0.3 is 12.1 Å². The molecule has 1 N–H and O–H groups in total. The summed E-state index contributed by atoms with van der Waals surface area (Å²) in [4.78, 5) is 19.5. The third kappa shape index (κ3) is 4.64. The SMILES string of the molecule is CC(Cc1cc(Cl)c(-c2nc(-c3cn4cc(C(F)(F)F)cc(Cl)c4n3)no2)cc1Cl)C(=O)O. The molecule has 0 spiro atoms. The average molecular weight is 520 g/mol. The number of fused-ring (bicyclic) bond motifs is 1. The first kappa shape index (κ1) is 23.3. The molecule has 0 aliphatic rings. The van der Waals surface area contributed by atoms with Crippen LogP contribution in [0.3, 0.4) is 0 Å². The first-order valence-electron chi connectivity index (χ1n) is 9.24. The molecule has 0 bridgehead atoms. The van der Waals surface area contributed by atoms with E-state index in [-0.39, 0.29) is 44.5 Å². The van der Waals surface area contributed by atoms with Gasteiger partial charge in [-0.2, -0.15) is 18.2 Å². The Bertz CT molecular complexity index is 1380. The van der Waals surface area contributed by atoms with Crippen LogP contribution in [0.2, 0.25) is 15.1 Å². The minimum absolute atomic E-state index is 0.00547. The number of nitrogens with zero attached hydrogens (tertiary/aromatic N) is 4. The molecule has 0 aliphatic carbocycles. The Morgan fingerprint density at radius 3 is 2.52 bits per heavy atom. The molecule has 0 saturated heterocycles. The Labute approximate surface area is 198 Å². The summed E-state index contributed by atoms with van der Waals surface area (Å²) < 4.78 is 45.5. The zero-order chi connectivity index (χ0) is 24.1. The highest BCUT2D eigenvalue weighted by Crippen LogP contribution is 2.35. The number of rotatable bonds is 5. The second-order valence-electron chi connectivity index (χ2n) is 7.22. The van der Waals surface area contributed by atoms with Crippen molar-refractivity contribution < 1.29 is 27.6 Å². The molecule has 0 fully saturated rings. The first-order chi connectivity index (χ1) is 15.4. The van der Waals surface area contributed by atoms with Gasteiger partial charge in [-0.1, -0.05) is 46.9 Å². The van der Waals surface area contributed by atoms with Crippen molar-refractivity contribution in [1.82, 2.24) is 19.5 Å². The van der Waals surface area contributed by atoms with Gasteiger partial charge in [-0.05, 0) is 30.2 Å². The van der Waals surface area contributed by atoms with Crippen molar-refractivity contribution in [3.63, 3.8) is 0 Å². The summed E-state index contributed by atoms with van der Waals surface area (Å²) in [7, 11) is 0. The van der Waals surface area contributed by atoms with Gasteiger partial charge in [-0.15, -0.1) is 0 Å². The first-order valence-corrected chi connectivity index (χ1v) is 10.4. The molecule has 4 aromatic rings. The third-order valence-corrected chi connectivity index (χ3v) is 5.75. The number of aromatic nitrogens is 4. The van der Waals surface area contributed by atoms with Crippen molar-refractivity contribution in [2.45, 2.75) is 19.5 Å². The van der Waals surface area contributed by atoms with Crippen molar-refractivity contribution in [2.24, 2.45) is 5.92 Å². The van der Waals surface area contributed by atoms with E-state index in [9.17, 15) is 18.0 Å². The lowest BCUT2D eigenvalue weighted by atomic mass is 10.00. The monoisotopic (exact) mass is 518 g/mol. The van der Waals surface area contributed by atoms with Crippen molar-refractivity contribution in [1.29, 1.82) is 0 Å². The summed E-state index contributed by atoms with van der Waals surface area (Å²) in [5.74, 6) is -1.65. The molecule has 7 nitrogen and oxygen atoms in total. The van der Waals surface area contributed by atoms with Gasteiger partial charge < -0.3 is 14.0 Å². The molecule has 0 amide bonds. The van der Waals surface area contributed by atoms with Crippen LogP contribution in [-0.2, 0) is 17.4 Å². The molecule has 0 radical (unpaired) electrons. The smallest absolute Gasteiger partial charge is 0.417 e. The van der Waals surface area contributed by atoms with Crippen LogP contribution in [0, 0.1) is 5.92 Å². The van der Waals surface area contributed by atoms with Gasteiger partial charge in [-0.25, -0.2) is 4.98 Å². The van der Waals surface area contributed by atoms with E-state index in [1.165, 1.54) is 18.3 Å². The van der Waals surface area contributed by atoms with Gasteiger partial charge in [0.15, 0.2) is 5.65 Å². The molecule has 33 heavy (non-hydrogen) atoms. The Hall–Kier alpha value is -2.82. The Morgan fingerprint density at radius 2 is 1.85 bits per heavy atom.